The van der Waals surface area contributed by atoms with E-state index in [9.17, 15) is 4.79 Å². The van der Waals surface area contributed by atoms with Gasteiger partial charge in [0.25, 0.3) is 0 Å². The molecule has 0 aromatic carbocycles. The standard InChI is InChI=1S/C13H27N3O/c1-5-9(2)12(14)13(17)15-11-6-7-16(4)8-10(11)3/h9-12H,5-8,14H2,1-4H3,(H,15,17)/t9-,10?,11?,12-/m0/s1. The first-order valence-electron chi connectivity index (χ1n) is 6.70. The van der Waals surface area contributed by atoms with E-state index < -0.39 is 0 Å². The van der Waals surface area contributed by atoms with E-state index in [-0.39, 0.29) is 23.9 Å². The van der Waals surface area contributed by atoms with E-state index in [1.807, 2.05) is 6.92 Å². The summed E-state index contributed by atoms with van der Waals surface area (Å²) >= 11 is 0. The van der Waals surface area contributed by atoms with Crippen molar-refractivity contribution in [3.8, 4) is 0 Å². The predicted octanol–water partition coefficient (Wildman–Crippen LogP) is 0.816. The Labute approximate surface area is 105 Å². The number of carbonyl (C=O) groups is 1. The molecule has 1 amide bonds. The van der Waals surface area contributed by atoms with Crippen LogP contribution < -0.4 is 11.1 Å². The molecule has 4 nitrogen and oxygen atoms in total. The number of hydrogen-bond acceptors (Lipinski definition) is 3. The fourth-order valence-electron chi connectivity index (χ4n) is 2.36. The molecule has 0 aliphatic carbocycles. The average Bonchev–Trinajstić information content (AvgIpc) is 2.30. The highest BCUT2D eigenvalue weighted by Gasteiger charge is 2.28. The lowest BCUT2D eigenvalue weighted by atomic mass is 9.92. The van der Waals surface area contributed by atoms with Gasteiger partial charge in [0.2, 0.25) is 5.91 Å². The lowest BCUT2D eigenvalue weighted by molar-refractivity contribution is -0.124. The Bertz CT molecular complexity index is 257. The zero-order chi connectivity index (χ0) is 13.0. The van der Waals surface area contributed by atoms with Crippen LogP contribution in [0.3, 0.4) is 0 Å². The molecule has 4 heteroatoms. The second-order valence-electron chi connectivity index (χ2n) is 5.55. The predicted molar refractivity (Wildman–Crippen MR) is 70.6 cm³/mol. The summed E-state index contributed by atoms with van der Waals surface area (Å²) in [5.74, 6) is 0.763. The maximum atomic E-state index is 12.0. The van der Waals surface area contributed by atoms with Gasteiger partial charge in [-0.2, -0.15) is 0 Å². The van der Waals surface area contributed by atoms with Crippen LogP contribution in [0.2, 0.25) is 0 Å². The molecule has 3 N–H and O–H groups in total. The third kappa shape index (κ3) is 3.96. The quantitative estimate of drug-likeness (QED) is 0.766. The average molecular weight is 241 g/mol. The highest BCUT2D eigenvalue weighted by atomic mass is 16.2. The van der Waals surface area contributed by atoms with Gasteiger partial charge in [-0.05, 0) is 31.8 Å². The molecule has 0 aromatic rings. The molecule has 0 radical (unpaired) electrons. The van der Waals surface area contributed by atoms with Crippen LogP contribution in [0.4, 0.5) is 0 Å². The maximum absolute atomic E-state index is 12.0. The summed E-state index contributed by atoms with van der Waals surface area (Å²) in [6.07, 6.45) is 1.97. The molecule has 1 fully saturated rings. The first-order valence-corrected chi connectivity index (χ1v) is 6.70. The number of amides is 1. The fourth-order valence-corrected chi connectivity index (χ4v) is 2.36. The molecule has 100 valence electrons. The Morgan fingerprint density at radius 2 is 2.24 bits per heavy atom. The van der Waals surface area contributed by atoms with Crippen molar-refractivity contribution in [2.75, 3.05) is 20.1 Å². The minimum absolute atomic E-state index is 0.0146. The topological polar surface area (TPSA) is 58.4 Å². The minimum atomic E-state index is -0.369. The summed E-state index contributed by atoms with van der Waals surface area (Å²) in [5, 5.41) is 3.11. The van der Waals surface area contributed by atoms with E-state index in [0.717, 1.165) is 25.9 Å². The molecular weight excluding hydrogens is 214 g/mol. The molecule has 0 saturated carbocycles. The second kappa shape index (κ2) is 6.36. The van der Waals surface area contributed by atoms with Gasteiger partial charge in [-0.25, -0.2) is 0 Å². The van der Waals surface area contributed by atoms with Gasteiger partial charge in [-0.3, -0.25) is 4.79 Å². The van der Waals surface area contributed by atoms with Gasteiger partial charge in [0, 0.05) is 12.6 Å². The first-order chi connectivity index (χ1) is 7.95. The van der Waals surface area contributed by atoms with Crippen LogP contribution in [0, 0.1) is 11.8 Å². The van der Waals surface area contributed by atoms with Crippen molar-refractivity contribution in [2.45, 2.75) is 45.7 Å². The summed E-state index contributed by atoms with van der Waals surface area (Å²) in [6.45, 7) is 8.38. The molecule has 0 spiro atoms. The summed E-state index contributed by atoms with van der Waals surface area (Å²) in [6, 6.07) is -0.0827. The van der Waals surface area contributed by atoms with Crippen LogP contribution in [0.5, 0.6) is 0 Å². The third-order valence-corrected chi connectivity index (χ3v) is 4.00. The first kappa shape index (κ1) is 14.5. The summed E-state index contributed by atoms with van der Waals surface area (Å²) in [5.41, 5.74) is 5.94. The third-order valence-electron chi connectivity index (χ3n) is 4.00. The molecule has 0 bridgehead atoms. The molecule has 1 saturated heterocycles. The fraction of sp³-hybridized carbons (Fsp3) is 0.923. The Morgan fingerprint density at radius 1 is 1.59 bits per heavy atom. The van der Waals surface area contributed by atoms with E-state index >= 15 is 0 Å². The number of carbonyl (C=O) groups excluding carboxylic acids is 1. The lowest BCUT2D eigenvalue weighted by Crippen LogP contribution is -2.54. The molecule has 4 atom stereocenters. The number of hydrogen-bond donors (Lipinski definition) is 2. The molecule has 0 aromatic heterocycles. The maximum Gasteiger partial charge on any atom is 0.237 e. The largest absolute Gasteiger partial charge is 0.352 e. The number of nitrogens with one attached hydrogen (secondary N) is 1. The molecule has 17 heavy (non-hydrogen) atoms. The van der Waals surface area contributed by atoms with Gasteiger partial charge in [-0.1, -0.05) is 27.2 Å². The Kier molecular flexibility index (Phi) is 5.40. The zero-order valence-electron chi connectivity index (χ0n) is 11.6. The minimum Gasteiger partial charge on any atom is -0.352 e. The van der Waals surface area contributed by atoms with Crippen LogP contribution in [0.1, 0.15) is 33.6 Å². The van der Waals surface area contributed by atoms with Gasteiger partial charge in [0.15, 0.2) is 0 Å². The monoisotopic (exact) mass is 241 g/mol. The molecule has 2 unspecified atom stereocenters. The molecule has 1 aliphatic rings. The Morgan fingerprint density at radius 3 is 2.76 bits per heavy atom. The highest BCUT2D eigenvalue weighted by Crippen LogP contribution is 2.16. The summed E-state index contributed by atoms with van der Waals surface area (Å²) in [7, 11) is 2.12. The van der Waals surface area contributed by atoms with Crippen molar-refractivity contribution >= 4 is 5.91 Å². The van der Waals surface area contributed by atoms with Crippen molar-refractivity contribution in [1.82, 2.24) is 10.2 Å². The van der Waals surface area contributed by atoms with Gasteiger partial charge >= 0.3 is 0 Å². The number of piperidine rings is 1. The van der Waals surface area contributed by atoms with Gasteiger partial charge in [0.1, 0.15) is 0 Å². The zero-order valence-corrected chi connectivity index (χ0v) is 11.6. The number of likely N-dealkylation sites (tertiary alicyclic amines) is 1. The Balaban J connectivity index is 2.45. The van der Waals surface area contributed by atoms with Gasteiger partial charge in [0.05, 0.1) is 6.04 Å². The summed E-state index contributed by atoms with van der Waals surface area (Å²) in [4.78, 5) is 14.3. The van der Waals surface area contributed by atoms with Crippen molar-refractivity contribution in [3.63, 3.8) is 0 Å². The van der Waals surface area contributed by atoms with Gasteiger partial charge < -0.3 is 16.0 Å². The van der Waals surface area contributed by atoms with Crippen molar-refractivity contribution in [3.05, 3.63) is 0 Å². The van der Waals surface area contributed by atoms with E-state index in [4.69, 9.17) is 5.73 Å². The highest BCUT2D eigenvalue weighted by molar-refractivity contribution is 5.82. The van der Waals surface area contributed by atoms with Crippen LogP contribution in [0.15, 0.2) is 0 Å². The van der Waals surface area contributed by atoms with Gasteiger partial charge in [-0.15, -0.1) is 0 Å². The molecule has 1 rings (SSSR count). The molecule has 1 heterocycles. The van der Waals surface area contributed by atoms with E-state index in [1.54, 1.807) is 0 Å². The van der Waals surface area contributed by atoms with Crippen molar-refractivity contribution in [1.29, 1.82) is 0 Å². The van der Waals surface area contributed by atoms with E-state index in [2.05, 4.69) is 31.1 Å². The Hall–Kier alpha value is -0.610. The molecular formula is C13H27N3O. The SMILES string of the molecule is CC[C@H](C)[C@H](N)C(=O)NC1CCN(C)CC1C. The number of rotatable bonds is 4. The normalized spacial score (nSPS) is 29.7. The second-order valence-corrected chi connectivity index (χ2v) is 5.55. The van der Waals surface area contributed by atoms with Crippen LogP contribution >= 0.6 is 0 Å². The number of nitrogens with zero attached hydrogens (tertiary/aromatic N) is 1. The smallest absolute Gasteiger partial charge is 0.237 e. The van der Waals surface area contributed by atoms with Crippen LogP contribution in [0.25, 0.3) is 0 Å². The molecule has 1 aliphatic heterocycles. The van der Waals surface area contributed by atoms with Crippen LogP contribution in [-0.4, -0.2) is 43.0 Å². The van der Waals surface area contributed by atoms with E-state index in [1.165, 1.54) is 0 Å². The van der Waals surface area contributed by atoms with E-state index in [0.29, 0.717) is 5.92 Å². The van der Waals surface area contributed by atoms with Crippen LogP contribution in [-0.2, 0) is 4.79 Å². The van der Waals surface area contributed by atoms with Crippen molar-refractivity contribution < 1.29 is 4.79 Å². The number of nitrogens with two attached hydrogens (primary N) is 1. The van der Waals surface area contributed by atoms with Crippen molar-refractivity contribution in [2.24, 2.45) is 17.6 Å². The summed E-state index contributed by atoms with van der Waals surface area (Å²) < 4.78 is 0. The lowest BCUT2D eigenvalue weighted by Gasteiger charge is -2.36.